The summed E-state index contributed by atoms with van der Waals surface area (Å²) in [4.78, 5) is 14.5. The predicted molar refractivity (Wildman–Crippen MR) is 93.5 cm³/mol. The Balaban J connectivity index is 1.81. The van der Waals surface area contributed by atoms with Gasteiger partial charge in [0.05, 0.1) is 5.92 Å². The molecule has 3 N–H and O–H groups in total. The van der Waals surface area contributed by atoms with E-state index in [1.54, 1.807) is 0 Å². The summed E-state index contributed by atoms with van der Waals surface area (Å²) in [6, 6.07) is 17.5. The van der Waals surface area contributed by atoms with Crippen LogP contribution in [-0.2, 0) is 4.79 Å². The molecule has 1 heterocycles. The largest absolute Gasteiger partial charge is 0.404 e. The molecule has 23 heavy (non-hydrogen) atoms. The van der Waals surface area contributed by atoms with Crippen LogP contribution in [0.3, 0.4) is 0 Å². The van der Waals surface area contributed by atoms with Gasteiger partial charge in [0, 0.05) is 30.2 Å². The van der Waals surface area contributed by atoms with Gasteiger partial charge in [-0.05, 0) is 29.7 Å². The molecule has 1 atom stereocenters. The molecular weight excluding hydrogens is 286 g/mol. The molecule has 0 aliphatic carbocycles. The van der Waals surface area contributed by atoms with Crippen LogP contribution in [0.25, 0.3) is 5.57 Å². The van der Waals surface area contributed by atoms with Gasteiger partial charge in [-0.2, -0.15) is 0 Å². The summed E-state index contributed by atoms with van der Waals surface area (Å²) < 4.78 is 0. The van der Waals surface area contributed by atoms with Crippen LogP contribution in [0.2, 0.25) is 0 Å². The van der Waals surface area contributed by atoms with Crippen molar-refractivity contribution in [2.45, 2.75) is 12.3 Å². The van der Waals surface area contributed by atoms with Gasteiger partial charge in [-0.25, -0.2) is 0 Å². The molecule has 0 radical (unpaired) electrons. The molecule has 116 valence electrons. The van der Waals surface area contributed by atoms with Crippen LogP contribution < -0.4 is 10.6 Å². The fraction of sp³-hybridized carbons (Fsp3) is 0.158. The lowest BCUT2D eigenvalue weighted by Crippen LogP contribution is -2.26. The van der Waals surface area contributed by atoms with Gasteiger partial charge in [-0.15, -0.1) is 0 Å². The van der Waals surface area contributed by atoms with E-state index >= 15 is 0 Å². The second-order valence-corrected chi connectivity index (χ2v) is 5.56. The van der Waals surface area contributed by atoms with Crippen molar-refractivity contribution in [2.24, 2.45) is 5.73 Å². The lowest BCUT2D eigenvalue weighted by Gasteiger charge is -2.17. The molecule has 1 unspecified atom stereocenters. The van der Waals surface area contributed by atoms with Crippen LogP contribution in [0.1, 0.15) is 23.5 Å². The fourth-order valence-electron chi connectivity index (χ4n) is 2.99. The van der Waals surface area contributed by atoms with Crippen LogP contribution in [0.5, 0.6) is 0 Å². The third-order valence-corrected chi connectivity index (χ3v) is 4.25. The van der Waals surface area contributed by atoms with Crippen molar-refractivity contribution in [3.8, 4) is 0 Å². The summed E-state index contributed by atoms with van der Waals surface area (Å²) >= 11 is 0. The van der Waals surface area contributed by atoms with Crippen molar-refractivity contribution >= 4 is 23.4 Å². The van der Waals surface area contributed by atoms with E-state index in [-0.39, 0.29) is 11.8 Å². The number of nitrogens with two attached hydrogens (primary N) is 1. The second-order valence-electron chi connectivity index (χ2n) is 5.56. The number of benzene rings is 2. The molecule has 0 saturated carbocycles. The SMILES string of the molecule is N=C/C(=C\N)c1ccc(N2CCC(c3ccccc3)C2=O)cc1. The molecule has 4 heteroatoms. The minimum Gasteiger partial charge on any atom is -0.404 e. The zero-order chi connectivity index (χ0) is 16.2. The van der Waals surface area contributed by atoms with E-state index in [2.05, 4.69) is 0 Å². The van der Waals surface area contributed by atoms with Gasteiger partial charge in [0.15, 0.2) is 0 Å². The van der Waals surface area contributed by atoms with Gasteiger partial charge in [0.1, 0.15) is 0 Å². The Labute approximate surface area is 135 Å². The maximum absolute atomic E-state index is 12.7. The molecule has 0 spiro atoms. The molecule has 1 saturated heterocycles. The first-order chi connectivity index (χ1) is 11.2. The number of carbonyl (C=O) groups excluding carboxylic acids is 1. The molecule has 3 rings (SSSR count). The number of nitrogens with one attached hydrogen (secondary N) is 1. The van der Waals surface area contributed by atoms with Crippen molar-refractivity contribution in [2.75, 3.05) is 11.4 Å². The Hall–Kier alpha value is -2.88. The molecular formula is C19H19N3O. The highest BCUT2D eigenvalue weighted by Gasteiger charge is 2.33. The maximum Gasteiger partial charge on any atom is 0.234 e. The number of nitrogens with zero attached hydrogens (tertiary/aromatic N) is 1. The first-order valence-electron chi connectivity index (χ1n) is 7.63. The summed E-state index contributed by atoms with van der Waals surface area (Å²) in [7, 11) is 0. The Morgan fingerprint density at radius 2 is 1.83 bits per heavy atom. The maximum atomic E-state index is 12.7. The molecule has 1 fully saturated rings. The van der Waals surface area contributed by atoms with E-state index in [1.807, 2.05) is 59.5 Å². The van der Waals surface area contributed by atoms with E-state index in [0.717, 1.165) is 29.8 Å². The average Bonchev–Trinajstić information content (AvgIpc) is 2.99. The minimum atomic E-state index is -0.0584. The normalized spacial score (nSPS) is 18.3. The number of allylic oxidation sites excluding steroid dienone is 1. The van der Waals surface area contributed by atoms with E-state index in [4.69, 9.17) is 11.1 Å². The third kappa shape index (κ3) is 2.88. The number of hydrogen-bond acceptors (Lipinski definition) is 3. The van der Waals surface area contributed by atoms with Crippen molar-refractivity contribution in [1.82, 2.24) is 0 Å². The molecule has 0 aromatic heterocycles. The molecule has 2 aromatic rings. The highest BCUT2D eigenvalue weighted by Crippen LogP contribution is 2.32. The lowest BCUT2D eigenvalue weighted by atomic mass is 9.98. The lowest BCUT2D eigenvalue weighted by molar-refractivity contribution is -0.118. The van der Waals surface area contributed by atoms with Gasteiger partial charge < -0.3 is 16.0 Å². The predicted octanol–water partition coefficient (Wildman–Crippen LogP) is 3.16. The first kappa shape index (κ1) is 15.0. The Bertz CT molecular complexity index is 735. The number of hydrogen-bond donors (Lipinski definition) is 2. The highest BCUT2D eigenvalue weighted by molar-refractivity contribution is 6.08. The van der Waals surface area contributed by atoms with Crippen LogP contribution >= 0.6 is 0 Å². The zero-order valence-electron chi connectivity index (χ0n) is 12.8. The molecule has 1 aliphatic heterocycles. The first-order valence-corrected chi connectivity index (χ1v) is 7.63. The standard InChI is InChI=1S/C19H19N3O/c20-12-16(13-21)14-6-8-17(9-7-14)22-11-10-18(19(22)23)15-4-2-1-3-5-15/h1-9,12-13,18,20H,10-11,21H2/b16-13+,20-12?. The smallest absolute Gasteiger partial charge is 0.234 e. The topological polar surface area (TPSA) is 70.2 Å². The Morgan fingerprint density at radius 3 is 2.43 bits per heavy atom. The fourth-order valence-corrected chi connectivity index (χ4v) is 2.99. The third-order valence-electron chi connectivity index (χ3n) is 4.25. The Morgan fingerprint density at radius 1 is 1.13 bits per heavy atom. The van der Waals surface area contributed by atoms with Gasteiger partial charge >= 0.3 is 0 Å². The number of anilines is 1. The van der Waals surface area contributed by atoms with Crippen molar-refractivity contribution in [3.05, 3.63) is 71.9 Å². The van der Waals surface area contributed by atoms with Crippen LogP contribution in [-0.4, -0.2) is 18.7 Å². The van der Waals surface area contributed by atoms with Gasteiger partial charge in [-0.1, -0.05) is 42.5 Å². The number of rotatable bonds is 4. The van der Waals surface area contributed by atoms with Crippen LogP contribution in [0.15, 0.2) is 60.8 Å². The summed E-state index contributed by atoms with van der Waals surface area (Å²) in [5.74, 6) is 0.0857. The second kappa shape index (κ2) is 6.48. The highest BCUT2D eigenvalue weighted by atomic mass is 16.2. The monoisotopic (exact) mass is 305 g/mol. The van der Waals surface area contributed by atoms with E-state index < -0.39 is 0 Å². The van der Waals surface area contributed by atoms with Crippen molar-refractivity contribution < 1.29 is 4.79 Å². The van der Waals surface area contributed by atoms with Gasteiger partial charge in [0.25, 0.3) is 0 Å². The molecule has 1 aliphatic rings. The van der Waals surface area contributed by atoms with Gasteiger partial charge in [-0.3, -0.25) is 4.79 Å². The molecule has 1 amide bonds. The Kier molecular flexibility index (Phi) is 4.24. The zero-order valence-corrected chi connectivity index (χ0v) is 12.8. The summed E-state index contributed by atoms with van der Waals surface area (Å²) in [6.07, 6.45) is 3.47. The number of amides is 1. The van der Waals surface area contributed by atoms with Gasteiger partial charge in [0.2, 0.25) is 5.91 Å². The van der Waals surface area contributed by atoms with E-state index in [0.29, 0.717) is 5.57 Å². The van der Waals surface area contributed by atoms with Crippen LogP contribution in [0, 0.1) is 5.41 Å². The summed E-state index contributed by atoms with van der Waals surface area (Å²) in [5, 5.41) is 7.33. The van der Waals surface area contributed by atoms with Crippen molar-refractivity contribution in [1.29, 1.82) is 5.41 Å². The summed E-state index contributed by atoms with van der Waals surface area (Å²) in [6.45, 7) is 0.724. The quantitative estimate of drug-likeness (QED) is 0.852. The van der Waals surface area contributed by atoms with Crippen LogP contribution in [0.4, 0.5) is 5.69 Å². The minimum absolute atomic E-state index is 0.0584. The molecule has 2 aromatic carbocycles. The van der Waals surface area contributed by atoms with E-state index in [9.17, 15) is 4.79 Å². The molecule has 0 bridgehead atoms. The molecule has 4 nitrogen and oxygen atoms in total. The number of carbonyl (C=O) groups is 1. The average molecular weight is 305 g/mol. The van der Waals surface area contributed by atoms with Crippen molar-refractivity contribution in [3.63, 3.8) is 0 Å². The summed E-state index contributed by atoms with van der Waals surface area (Å²) in [5.41, 5.74) is 9.00. The van der Waals surface area contributed by atoms with E-state index in [1.165, 1.54) is 12.4 Å².